The van der Waals surface area contributed by atoms with E-state index in [0.717, 1.165) is 48.4 Å². The van der Waals surface area contributed by atoms with Gasteiger partial charge in [-0.15, -0.1) is 11.3 Å². The largest absolute Gasteiger partial charge is 0.479 e. The summed E-state index contributed by atoms with van der Waals surface area (Å²) in [6, 6.07) is 15.2. The Hall–Kier alpha value is -3.19. The van der Waals surface area contributed by atoms with Crippen LogP contribution in [0.1, 0.15) is 56.5 Å². The van der Waals surface area contributed by atoms with Crippen LogP contribution in [-0.2, 0) is 20.7 Å². The number of nitrogens with zero attached hydrogens (tertiary/aromatic N) is 2. The van der Waals surface area contributed by atoms with Crippen LogP contribution in [-0.4, -0.2) is 35.1 Å². The van der Waals surface area contributed by atoms with Gasteiger partial charge >= 0.3 is 5.97 Å². The van der Waals surface area contributed by atoms with Gasteiger partial charge in [-0.25, -0.2) is 9.78 Å². The summed E-state index contributed by atoms with van der Waals surface area (Å²) in [5.74, 6) is -0.0294. The van der Waals surface area contributed by atoms with Gasteiger partial charge in [0.1, 0.15) is 17.9 Å². The average Bonchev–Trinajstić information content (AvgIpc) is 3.34. The molecule has 2 aromatic carbocycles. The Kier molecular flexibility index (Phi) is 6.86. The number of fused-ring (bicyclic) bond motifs is 1. The molecule has 2 heterocycles. The van der Waals surface area contributed by atoms with Gasteiger partial charge in [-0.05, 0) is 63.3 Å². The molecule has 6 nitrogen and oxygen atoms in total. The van der Waals surface area contributed by atoms with Gasteiger partial charge < -0.3 is 9.47 Å². The van der Waals surface area contributed by atoms with E-state index in [1.807, 2.05) is 41.8 Å². The lowest BCUT2D eigenvalue weighted by atomic mass is 9.98. The van der Waals surface area contributed by atoms with Crippen LogP contribution in [0.5, 0.6) is 5.75 Å². The van der Waals surface area contributed by atoms with Gasteiger partial charge in [-0.1, -0.05) is 36.8 Å². The summed E-state index contributed by atoms with van der Waals surface area (Å²) in [7, 11) is 0. The van der Waals surface area contributed by atoms with E-state index in [2.05, 4.69) is 12.1 Å². The fourth-order valence-electron chi connectivity index (χ4n) is 4.77. The van der Waals surface area contributed by atoms with Gasteiger partial charge in [-0.2, -0.15) is 0 Å². The summed E-state index contributed by atoms with van der Waals surface area (Å²) in [5, 5.41) is 3.05. The molecule has 1 aromatic heterocycles. The summed E-state index contributed by atoms with van der Waals surface area (Å²) in [6.07, 6.45) is 5.15. The summed E-state index contributed by atoms with van der Waals surface area (Å²) in [4.78, 5) is 32.6. The van der Waals surface area contributed by atoms with Crippen molar-refractivity contribution in [3.63, 3.8) is 0 Å². The third kappa shape index (κ3) is 5.10. The predicted octanol–water partition coefficient (Wildman–Crippen LogP) is 5.78. The van der Waals surface area contributed by atoms with Crippen molar-refractivity contribution in [1.82, 2.24) is 4.98 Å². The lowest BCUT2D eigenvalue weighted by molar-refractivity contribution is -0.153. The molecule has 7 heteroatoms. The number of carbonyl (C=O) groups is 2. The van der Waals surface area contributed by atoms with Crippen LogP contribution in [0, 0.1) is 0 Å². The predicted molar refractivity (Wildman–Crippen MR) is 137 cm³/mol. The van der Waals surface area contributed by atoms with Gasteiger partial charge in [0.25, 0.3) is 5.91 Å². The molecule has 1 aliphatic heterocycles. The van der Waals surface area contributed by atoms with Crippen LogP contribution in [0.3, 0.4) is 0 Å². The van der Waals surface area contributed by atoms with E-state index in [9.17, 15) is 9.59 Å². The van der Waals surface area contributed by atoms with Gasteiger partial charge in [0.15, 0.2) is 6.10 Å². The highest BCUT2D eigenvalue weighted by atomic mass is 32.1. The third-order valence-corrected chi connectivity index (χ3v) is 7.57. The number of ether oxygens (including phenoxy) is 2. The van der Waals surface area contributed by atoms with Crippen molar-refractivity contribution in [3.8, 4) is 17.0 Å². The summed E-state index contributed by atoms with van der Waals surface area (Å²) in [5.41, 5.74) is 3.51. The van der Waals surface area contributed by atoms with Crippen molar-refractivity contribution >= 4 is 28.9 Å². The second-order valence-corrected chi connectivity index (χ2v) is 10.3. The Labute approximate surface area is 209 Å². The van der Waals surface area contributed by atoms with Crippen LogP contribution >= 0.6 is 11.3 Å². The molecule has 2 aliphatic rings. The molecule has 182 valence electrons. The minimum atomic E-state index is -0.742. The third-order valence-electron chi connectivity index (χ3n) is 6.72. The topological polar surface area (TPSA) is 68.7 Å². The second-order valence-electron chi connectivity index (χ2n) is 9.31. The Morgan fingerprint density at radius 2 is 1.94 bits per heavy atom. The standard InChI is InChI=1S/C28H30N2O4S/c1-18(28(32)34-22-11-7-4-8-12-22)30-24-16-21(13-14-25(24)33-19(2)27(30)31)23-17-35-26(29-23)15-20-9-5-3-6-10-20/h3,5-6,9-10,13-14,16-19,22H,4,7-8,11-12,15H2,1-2H3. The molecule has 0 bridgehead atoms. The molecule has 0 saturated heterocycles. The SMILES string of the molecule is CC1Oc2ccc(-c3csc(Cc4ccccc4)n3)cc2N(C(C)C(=O)OC2CCCCC2)C1=O. The number of esters is 1. The molecule has 35 heavy (non-hydrogen) atoms. The van der Waals surface area contributed by atoms with Crippen LogP contribution in [0.4, 0.5) is 5.69 Å². The highest BCUT2D eigenvalue weighted by molar-refractivity contribution is 7.10. The first-order valence-corrected chi connectivity index (χ1v) is 13.2. The Morgan fingerprint density at radius 1 is 1.17 bits per heavy atom. The van der Waals surface area contributed by atoms with Crippen LogP contribution in [0.2, 0.25) is 0 Å². The number of aromatic nitrogens is 1. The number of carbonyl (C=O) groups excluding carboxylic acids is 2. The number of anilines is 1. The average molecular weight is 491 g/mol. The van der Waals surface area contributed by atoms with E-state index in [4.69, 9.17) is 14.5 Å². The smallest absolute Gasteiger partial charge is 0.329 e. The molecule has 1 saturated carbocycles. The maximum absolute atomic E-state index is 13.2. The monoisotopic (exact) mass is 490 g/mol. The van der Waals surface area contributed by atoms with E-state index in [1.165, 1.54) is 16.9 Å². The minimum Gasteiger partial charge on any atom is -0.479 e. The van der Waals surface area contributed by atoms with Gasteiger partial charge in [-0.3, -0.25) is 9.69 Å². The molecule has 1 fully saturated rings. The summed E-state index contributed by atoms with van der Waals surface area (Å²) in [6.45, 7) is 3.44. The maximum Gasteiger partial charge on any atom is 0.329 e. The molecule has 0 spiro atoms. The highest BCUT2D eigenvalue weighted by Crippen LogP contribution is 2.39. The maximum atomic E-state index is 13.2. The van der Waals surface area contributed by atoms with Crippen molar-refractivity contribution < 1.29 is 19.1 Å². The number of amides is 1. The summed E-state index contributed by atoms with van der Waals surface area (Å²) >= 11 is 1.61. The van der Waals surface area contributed by atoms with Crippen LogP contribution in [0.25, 0.3) is 11.3 Å². The zero-order chi connectivity index (χ0) is 24.4. The second kappa shape index (κ2) is 10.2. The number of hydrogen-bond acceptors (Lipinski definition) is 6. The Bertz CT molecular complexity index is 1200. The van der Waals surface area contributed by atoms with Crippen LogP contribution in [0.15, 0.2) is 53.9 Å². The first-order valence-electron chi connectivity index (χ1n) is 12.3. The molecule has 2 unspecified atom stereocenters. The van der Waals surface area contributed by atoms with Crippen LogP contribution < -0.4 is 9.64 Å². The highest BCUT2D eigenvalue weighted by Gasteiger charge is 2.38. The molecule has 5 rings (SSSR count). The molecule has 1 aliphatic carbocycles. The zero-order valence-electron chi connectivity index (χ0n) is 20.1. The number of rotatable bonds is 6. The number of hydrogen-bond donors (Lipinski definition) is 0. The van der Waals surface area contributed by atoms with E-state index in [1.54, 1.807) is 25.2 Å². The quantitative estimate of drug-likeness (QED) is 0.410. The van der Waals surface area contributed by atoms with Crippen molar-refractivity contribution in [2.45, 2.75) is 70.6 Å². The number of benzene rings is 2. The number of thiazole rings is 1. The lowest BCUT2D eigenvalue weighted by Crippen LogP contribution is -2.52. The van der Waals surface area contributed by atoms with E-state index in [-0.39, 0.29) is 18.0 Å². The van der Waals surface area contributed by atoms with E-state index >= 15 is 0 Å². The molecular weight excluding hydrogens is 460 g/mol. The van der Waals surface area contributed by atoms with Gasteiger partial charge in [0, 0.05) is 17.4 Å². The molecule has 2 atom stereocenters. The van der Waals surface area contributed by atoms with Gasteiger partial charge in [0.05, 0.1) is 16.4 Å². The van der Waals surface area contributed by atoms with Crippen molar-refractivity contribution in [2.75, 3.05) is 4.90 Å². The molecule has 0 N–H and O–H groups in total. The molecule has 3 aromatic rings. The molecule has 0 radical (unpaired) electrons. The first kappa shape index (κ1) is 23.5. The van der Waals surface area contributed by atoms with E-state index < -0.39 is 12.1 Å². The first-order chi connectivity index (χ1) is 17.0. The van der Waals surface area contributed by atoms with Crippen molar-refractivity contribution in [1.29, 1.82) is 0 Å². The normalized spacial score (nSPS) is 19.1. The van der Waals surface area contributed by atoms with Crippen molar-refractivity contribution in [3.05, 3.63) is 64.5 Å². The Morgan fingerprint density at radius 3 is 2.71 bits per heavy atom. The minimum absolute atomic E-state index is 0.0592. The molecular formula is C28H30N2O4S. The molecule has 1 amide bonds. The fraction of sp³-hybridized carbons (Fsp3) is 0.393. The lowest BCUT2D eigenvalue weighted by Gasteiger charge is -2.36. The van der Waals surface area contributed by atoms with E-state index in [0.29, 0.717) is 11.4 Å². The zero-order valence-corrected chi connectivity index (χ0v) is 20.9. The van der Waals surface area contributed by atoms with Crippen molar-refractivity contribution in [2.24, 2.45) is 0 Å². The Balaban J connectivity index is 1.40. The fourth-order valence-corrected chi connectivity index (χ4v) is 5.60. The van der Waals surface area contributed by atoms with Gasteiger partial charge in [0.2, 0.25) is 0 Å². The summed E-state index contributed by atoms with van der Waals surface area (Å²) < 4.78 is 11.7.